The first-order valence-corrected chi connectivity index (χ1v) is 11.5. The van der Waals surface area contributed by atoms with Crippen molar-refractivity contribution in [2.45, 2.75) is 26.3 Å². The van der Waals surface area contributed by atoms with Crippen molar-refractivity contribution in [3.63, 3.8) is 0 Å². The van der Waals surface area contributed by atoms with Gasteiger partial charge in [-0.1, -0.05) is 36.4 Å². The number of benzene rings is 2. The van der Waals surface area contributed by atoms with E-state index in [0.717, 1.165) is 27.7 Å². The van der Waals surface area contributed by atoms with E-state index in [4.69, 9.17) is 9.63 Å². The zero-order valence-electron chi connectivity index (χ0n) is 17.8. The molecule has 3 rings (SSSR count). The molecule has 0 aliphatic carbocycles. The molecule has 0 bridgehead atoms. The second kappa shape index (κ2) is 10.4. The molecule has 0 aliphatic rings. The van der Waals surface area contributed by atoms with E-state index < -0.39 is 32.4 Å². The summed E-state index contributed by atoms with van der Waals surface area (Å²) in [5.41, 5.74) is 3.75. The van der Waals surface area contributed by atoms with Gasteiger partial charge in [0.15, 0.2) is 5.78 Å². The Bertz CT molecular complexity index is 1180. The average molecular weight is 456 g/mol. The molecule has 0 saturated heterocycles. The Labute approximate surface area is 186 Å². The fraction of sp³-hybridized carbons (Fsp3) is 0.250. The van der Waals surface area contributed by atoms with Crippen molar-refractivity contribution in [3.8, 4) is 11.1 Å². The van der Waals surface area contributed by atoms with Gasteiger partial charge < -0.3 is 9.67 Å². The highest BCUT2D eigenvalue weighted by atomic mass is 31.1. The molecule has 6 nitrogen and oxygen atoms in total. The number of rotatable bonds is 10. The van der Waals surface area contributed by atoms with Crippen LogP contribution in [0.25, 0.3) is 28.1 Å². The largest absolute Gasteiger partial charge is 0.516 e. The Morgan fingerprint density at radius 3 is 2.50 bits per heavy atom. The predicted octanol–water partition coefficient (Wildman–Crippen LogP) is 5.84. The van der Waals surface area contributed by atoms with Crippen LogP contribution in [0.1, 0.15) is 32.0 Å². The second-order valence-electron chi connectivity index (χ2n) is 7.55. The molecule has 32 heavy (non-hydrogen) atoms. The van der Waals surface area contributed by atoms with Crippen molar-refractivity contribution in [3.05, 3.63) is 66.1 Å². The third-order valence-corrected chi connectivity index (χ3v) is 5.89. The number of hydrogen-bond acceptors (Lipinski definition) is 4. The minimum atomic E-state index is -2.29. The molecule has 3 aromatic rings. The van der Waals surface area contributed by atoms with Gasteiger partial charge in [0.05, 0.1) is 0 Å². The molecular weight excluding hydrogens is 432 g/mol. The van der Waals surface area contributed by atoms with E-state index in [9.17, 15) is 18.5 Å². The van der Waals surface area contributed by atoms with Crippen LogP contribution in [-0.4, -0.2) is 34.2 Å². The van der Waals surface area contributed by atoms with Crippen molar-refractivity contribution < 1.29 is 28.2 Å². The number of fused-ring (bicyclic) bond motifs is 1. The van der Waals surface area contributed by atoms with Gasteiger partial charge in [0.1, 0.15) is 18.8 Å². The first-order valence-electron chi connectivity index (χ1n) is 10.1. The number of carbonyl (C=O) groups excluding carboxylic acids is 1. The molecule has 0 spiro atoms. The van der Waals surface area contributed by atoms with Crippen molar-refractivity contribution in [2.24, 2.45) is 0 Å². The van der Waals surface area contributed by atoms with Gasteiger partial charge in [-0.05, 0) is 48.3 Å². The van der Waals surface area contributed by atoms with Crippen LogP contribution in [0, 0.1) is 5.82 Å². The summed E-state index contributed by atoms with van der Waals surface area (Å²) in [7, 11) is -2.29. The molecule has 1 aromatic heterocycles. The number of ketones is 1. The molecule has 0 fully saturated rings. The van der Waals surface area contributed by atoms with Crippen molar-refractivity contribution in [1.82, 2.24) is 4.57 Å². The Morgan fingerprint density at radius 2 is 1.84 bits per heavy atom. The molecule has 0 saturated carbocycles. The number of aliphatic carboxylic acids is 1. The maximum atomic E-state index is 13.5. The summed E-state index contributed by atoms with van der Waals surface area (Å²) in [4.78, 5) is 22.0. The van der Waals surface area contributed by atoms with Gasteiger partial charge in [0, 0.05) is 28.2 Å². The second-order valence-corrected chi connectivity index (χ2v) is 8.79. The van der Waals surface area contributed by atoms with Gasteiger partial charge in [-0.2, -0.15) is 0 Å². The minimum absolute atomic E-state index is 0.00195. The minimum Gasteiger partial charge on any atom is -0.481 e. The first-order chi connectivity index (χ1) is 15.3. The highest BCUT2D eigenvalue weighted by Crippen LogP contribution is 2.38. The van der Waals surface area contributed by atoms with Crippen molar-refractivity contribution in [2.75, 3.05) is 12.8 Å². The quantitative estimate of drug-likeness (QED) is 0.306. The predicted molar refractivity (Wildman–Crippen MR) is 122 cm³/mol. The maximum absolute atomic E-state index is 13.5. The fourth-order valence-corrected chi connectivity index (χ4v) is 4.37. The standard InChI is InChI=1S/C24H23FNO5P/c1-16(2)26-21-7-4-3-6-20(21)24(17-9-11-18(25)12-10-17)22(26)8-5-13-31-32(30)15-19(27)14-23(28)29/h3-12,16H,13-15H2,1-2H3/p+1. The number of carboxylic acid groups (broad SMARTS) is 1. The molecule has 166 valence electrons. The third-order valence-electron chi connectivity index (χ3n) is 4.84. The Morgan fingerprint density at radius 1 is 1.16 bits per heavy atom. The van der Waals surface area contributed by atoms with E-state index in [1.807, 2.05) is 30.3 Å². The Balaban J connectivity index is 1.90. The molecule has 2 aromatic carbocycles. The molecular formula is C24H24FNO5P+. The molecule has 1 atom stereocenters. The Kier molecular flexibility index (Phi) is 7.67. The van der Waals surface area contributed by atoms with Crippen molar-refractivity contribution in [1.29, 1.82) is 0 Å². The van der Waals surface area contributed by atoms with Gasteiger partial charge in [0.2, 0.25) is 6.16 Å². The lowest BCUT2D eigenvalue weighted by atomic mass is 10.0. The smallest absolute Gasteiger partial charge is 0.481 e. The SMILES string of the molecule is CC(C)n1c(C=CCO[P+](=O)CC(=O)CC(=O)O)c(-c2ccc(F)cc2)c2ccccc21. The molecule has 0 aliphatic heterocycles. The van der Waals surface area contributed by atoms with Crippen LogP contribution in [0.15, 0.2) is 54.6 Å². The van der Waals surface area contributed by atoms with E-state index in [1.54, 1.807) is 18.2 Å². The monoisotopic (exact) mass is 456 g/mol. The van der Waals surface area contributed by atoms with Crippen LogP contribution >= 0.6 is 8.03 Å². The van der Waals surface area contributed by atoms with Gasteiger partial charge in [-0.3, -0.25) is 9.59 Å². The van der Waals surface area contributed by atoms with Gasteiger partial charge in [-0.25, -0.2) is 4.39 Å². The summed E-state index contributed by atoms with van der Waals surface area (Å²) < 4.78 is 32.8. The van der Waals surface area contributed by atoms with E-state index in [0.29, 0.717) is 0 Å². The summed E-state index contributed by atoms with van der Waals surface area (Å²) in [5, 5.41) is 9.64. The van der Waals surface area contributed by atoms with Crippen LogP contribution in [0.2, 0.25) is 0 Å². The molecule has 1 N–H and O–H groups in total. The first kappa shape index (κ1) is 23.5. The van der Waals surface area contributed by atoms with Crippen LogP contribution in [0.3, 0.4) is 0 Å². The number of aromatic nitrogens is 1. The summed E-state index contributed by atoms with van der Waals surface area (Å²) in [5.74, 6) is -2.21. The highest BCUT2D eigenvalue weighted by molar-refractivity contribution is 7.40. The van der Waals surface area contributed by atoms with Gasteiger partial charge >= 0.3 is 14.0 Å². The average Bonchev–Trinajstić information content (AvgIpc) is 3.05. The zero-order chi connectivity index (χ0) is 23.3. The summed E-state index contributed by atoms with van der Waals surface area (Å²) in [6, 6.07) is 14.4. The number of carbonyl (C=O) groups is 2. The molecule has 8 heteroatoms. The lowest BCUT2D eigenvalue weighted by molar-refractivity contribution is -0.139. The van der Waals surface area contributed by atoms with Gasteiger partial charge in [-0.15, -0.1) is 4.52 Å². The maximum Gasteiger partial charge on any atom is 0.516 e. The number of para-hydroxylation sites is 1. The van der Waals surface area contributed by atoms with Crippen LogP contribution < -0.4 is 0 Å². The molecule has 0 radical (unpaired) electrons. The third kappa shape index (κ3) is 5.55. The number of halogens is 1. The van der Waals surface area contributed by atoms with E-state index in [1.165, 1.54) is 12.1 Å². The summed E-state index contributed by atoms with van der Waals surface area (Å²) in [6.07, 6.45) is 2.47. The number of Topliss-reactive ketones (excluding diaryl/α,β-unsaturated/α-hetero) is 1. The Hall–Kier alpha value is -3.15. The summed E-state index contributed by atoms with van der Waals surface area (Å²) in [6.45, 7) is 4.14. The number of carboxylic acids is 1. The lowest BCUT2D eigenvalue weighted by Crippen LogP contribution is -2.09. The fourth-order valence-electron chi connectivity index (χ4n) is 3.62. The topological polar surface area (TPSA) is 85.6 Å². The molecule has 1 heterocycles. The number of hydrogen-bond donors (Lipinski definition) is 1. The summed E-state index contributed by atoms with van der Waals surface area (Å²) >= 11 is 0. The van der Waals surface area contributed by atoms with Gasteiger partial charge in [0.25, 0.3) is 0 Å². The van der Waals surface area contributed by atoms with Crippen LogP contribution in [0.5, 0.6) is 0 Å². The van der Waals surface area contributed by atoms with E-state index in [2.05, 4.69) is 18.4 Å². The lowest BCUT2D eigenvalue weighted by Gasteiger charge is -2.13. The van der Waals surface area contributed by atoms with E-state index >= 15 is 0 Å². The normalized spacial score (nSPS) is 12.1. The molecule has 0 amide bonds. The molecule has 1 unspecified atom stereocenters. The highest BCUT2D eigenvalue weighted by Gasteiger charge is 2.24. The number of nitrogens with zero attached hydrogens (tertiary/aromatic N) is 1. The van der Waals surface area contributed by atoms with Crippen molar-refractivity contribution >= 4 is 36.8 Å². The zero-order valence-corrected chi connectivity index (χ0v) is 18.7. The van der Waals surface area contributed by atoms with E-state index in [-0.39, 0.29) is 18.5 Å². The van der Waals surface area contributed by atoms with Crippen LogP contribution in [-0.2, 0) is 18.7 Å². The van der Waals surface area contributed by atoms with Crippen LogP contribution in [0.4, 0.5) is 4.39 Å².